The van der Waals surface area contributed by atoms with E-state index in [9.17, 15) is 29.8 Å². The number of nitrogens with two attached hydrogens (primary N) is 1. The smallest absolute Gasteiger partial charge is 0.270 e. The predicted molar refractivity (Wildman–Crippen MR) is 185 cm³/mol. The van der Waals surface area contributed by atoms with Gasteiger partial charge in [0.15, 0.2) is 0 Å². The van der Waals surface area contributed by atoms with Crippen molar-refractivity contribution >= 4 is 45.5 Å². The van der Waals surface area contributed by atoms with E-state index >= 15 is 0 Å². The van der Waals surface area contributed by atoms with Gasteiger partial charge in [-0.15, -0.1) is 0 Å². The number of rotatable bonds is 7. The second kappa shape index (κ2) is 20.1. The van der Waals surface area contributed by atoms with Gasteiger partial charge in [0.2, 0.25) is 11.1 Å². The molecule has 0 fully saturated rings. The Morgan fingerprint density at radius 2 is 1.17 bits per heavy atom. The van der Waals surface area contributed by atoms with Crippen LogP contribution in [0.15, 0.2) is 97.1 Å². The number of carbonyl (C=O) groups is 2. The highest BCUT2D eigenvalue weighted by Crippen LogP contribution is 2.22. The van der Waals surface area contributed by atoms with Crippen molar-refractivity contribution in [3.63, 3.8) is 0 Å². The Morgan fingerprint density at radius 1 is 0.702 bits per heavy atom. The third kappa shape index (κ3) is 14.1. The summed E-state index contributed by atoms with van der Waals surface area (Å²) in [5, 5.41) is 24.1. The highest BCUT2D eigenvalue weighted by Gasteiger charge is 2.11. The molecule has 0 bridgehead atoms. The molecule has 4 aromatic rings. The van der Waals surface area contributed by atoms with Gasteiger partial charge in [-0.05, 0) is 60.8 Å². The van der Waals surface area contributed by atoms with Crippen LogP contribution in [0.5, 0.6) is 0 Å². The molecule has 0 radical (unpaired) electrons. The number of anilines is 2. The van der Waals surface area contributed by atoms with Gasteiger partial charge in [0.05, 0.1) is 26.7 Å². The average molecular weight is 653 g/mol. The maximum absolute atomic E-state index is 11.8. The minimum atomic E-state index is -0.481. The summed E-state index contributed by atoms with van der Waals surface area (Å²) < 4.78 is 0. The van der Waals surface area contributed by atoms with E-state index in [1.54, 1.807) is 0 Å². The number of nitrogen functional groups attached to an aromatic ring is 1. The Balaban J connectivity index is 0.000000284. The lowest BCUT2D eigenvalue weighted by Gasteiger charge is -2.06. The Hall–Kier alpha value is -5.97. The number of hydrogen-bond donors (Lipinski definition) is 2. The molecule has 10 nitrogen and oxygen atoms in total. The number of nitro groups is 2. The Kier molecular flexibility index (Phi) is 15.9. The van der Waals surface area contributed by atoms with Crippen molar-refractivity contribution in [3.8, 4) is 23.7 Å². The molecule has 1 amide bonds. The zero-order chi connectivity index (χ0) is 34.6. The lowest BCUT2D eigenvalue weighted by atomic mass is 10.1. The summed E-state index contributed by atoms with van der Waals surface area (Å²) in [6.07, 6.45) is 2.47. The molecule has 4 rings (SSSR count). The fraction of sp³-hybridized carbons (Fsp3) is 0.167. The summed E-state index contributed by atoms with van der Waals surface area (Å²) in [4.78, 5) is 42.2. The number of nitrogens with zero attached hydrogens (tertiary/aromatic N) is 2. The third-order valence-corrected chi connectivity index (χ3v) is 6.08. The van der Waals surface area contributed by atoms with Crippen LogP contribution in [0.1, 0.15) is 61.8 Å². The second-order valence-corrected chi connectivity index (χ2v) is 10.1. The number of carbonyl (C=O) groups excluding carboxylic acids is 2. The van der Waals surface area contributed by atoms with Crippen molar-refractivity contribution in [2.45, 2.75) is 39.5 Å². The van der Waals surface area contributed by atoms with E-state index in [2.05, 4.69) is 29.0 Å². The Bertz CT molecular complexity index is 1810. The zero-order valence-corrected chi connectivity index (χ0v) is 26.6. The number of non-ortho nitro benzene ring substituents is 2. The molecule has 11 heteroatoms. The van der Waals surface area contributed by atoms with E-state index in [0.717, 1.165) is 24.0 Å². The standard InChI is InChI=1S/C18H16N2O3.C14H10N2O2.C4H7ClO/c1-2-6-18(21)19-17-12-11-16(20(22)23)13-15(17)10-9-14-7-4-3-5-8-14;15-14-9-8-13(16(17)18)10-12(14)7-6-11-4-2-1-3-5-11;1-2-3-4(5)6/h3-5,7-8,11-13H,2,6H2,1H3,(H,19,21);1-5,8-10H,15H2;2-3H2,1H3. The third-order valence-electron chi connectivity index (χ3n) is 5.89. The van der Waals surface area contributed by atoms with Crippen LogP contribution in [0.25, 0.3) is 0 Å². The van der Waals surface area contributed by atoms with Gasteiger partial charge in [0.25, 0.3) is 11.4 Å². The Labute approximate surface area is 278 Å². The molecule has 0 saturated carbocycles. The molecule has 0 aliphatic carbocycles. The molecule has 3 N–H and O–H groups in total. The first-order chi connectivity index (χ1) is 22.5. The van der Waals surface area contributed by atoms with Crippen LogP contribution in [0.3, 0.4) is 0 Å². The van der Waals surface area contributed by atoms with Crippen LogP contribution in [0.4, 0.5) is 22.7 Å². The summed E-state index contributed by atoms with van der Waals surface area (Å²) in [6, 6.07) is 27.2. The fourth-order valence-corrected chi connectivity index (χ4v) is 3.77. The van der Waals surface area contributed by atoms with Crippen molar-refractivity contribution in [2.24, 2.45) is 0 Å². The van der Waals surface area contributed by atoms with Gasteiger partial charge in [0.1, 0.15) is 0 Å². The van der Waals surface area contributed by atoms with Crippen molar-refractivity contribution < 1.29 is 19.4 Å². The molecular weight excluding hydrogens is 620 g/mol. The first kappa shape index (κ1) is 37.2. The monoisotopic (exact) mass is 652 g/mol. The largest absolute Gasteiger partial charge is 0.398 e. The molecule has 47 heavy (non-hydrogen) atoms. The van der Waals surface area contributed by atoms with Gasteiger partial charge in [0, 0.05) is 53.9 Å². The van der Waals surface area contributed by atoms with Gasteiger partial charge < -0.3 is 11.1 Å². The van der Waals surface area contributed by atoms with E-state index in [1.165, 1.54) is 36.4 Å². The lowest BCUT2D eigenvalue weighted by molar-refractivity contribution is -0.385. The van der Waals surface area contributed by atoms with Crippen LogP contribution in [-0.2, 0) is 9.59 Å². The molecule has 0 aromatic heterocycles. The minimum absolute atomic E-state index is 0.0124. The van der Waals surface area contributed by atoms with Crippen LogP contribution < -0.4 is 11.1 Å². The van der Waals surface area contributed by atoms with Crippen LogP contribution in [0.2, 0.25) is 0 Å². The van der Waals surface area contributed by atoms with Crippen molar-refractivity contribution in [2.75, 3.05) is 11.1 Å². The van der Waals surface area contributed by atoms with E-state index in [1.807, 2.05) is 74.5 Å². The first-order valence-corrected chi connectivity index (χ1v) is 14.9. The van der Waals surface area contributed by atoms with Crippen molar-refractivity contribution in [3.05, 3.63) is 140 Å². The molecule has 0 heterocycles. The molecule has 240 valence electrons. The van der Waals surface area contributed by atoms with E-state index in [4.69, 9.17) is 17.3 Å². The second-order valence-electron chi connectivity index (χ2n) is 9.65. The summed E-state index contributed by atoms with van der Waals surface area (Å²) in [6.45, 7) is 3.83. The van der Waals surface area contributed by atoms with Crippen LogP contribution >= 0.6 is 11.6 Å². The summed E-state index contributed by atoms with van der Waals surface area (Å²) in [5.41, 5.74) is 9.10. The number of amides is 1. The topological polar surface area (TPSA) is 158 Å². The lowest BCUT2D eigenvalue weighted by Crippen LogP contribution is -2.11. The first-order valence-electron chi connectivity index (χ1n) is 14.5. The molecule has 4 aromatic carbocycles. The van der Waals surface area contributed by atoms with E-state index in [0.29, 0.717) is 35.3 Å². The SMILES string of the molecule is CCCC(=O)Cl.CCCC(=O)Nc1ccc([N+](=O)[O-])cc1C#Cc1ccccc1.Nc1ccc([N+](=O)[O-])cc1C#Cc1ccccc1. The number of halogens is 1. The fourth-order valence-electron chi connectivity index (χ4n) is 3.58. The molecule has 0 spiro atoms. The molecular formula is C36H33ClN4O6. The van der Waals surface area contributed by atoms with Crippen LogP contribution in [-0.4, -0.2) is 21.0 Å². The Morgan fingerprint density at radius 3 is 1.62 bits per heavy atom. The minimum Gasteiger partial charge on any atom is -0.398 e. The predicted octanol–water partition coefficient (Wildman–Crippen LogP) is 7.86. The summed E-state index contributed by atoms with van der Waals surface area (Å²) in [5.74, 6) is 11.5. The average Bonchev–Trinajstić information content (AvgIpc) is 3.05. The maximum Gasteiger partial charge on any atom is 0.270 e. The normalized spacial score (nSPS) is 9.34. The van der Waals surface area contributed by atoms with Gasteiger partial charge in [-0.1, -0.05) is 73.9 Å². The summed E-state index contributed by atoms with van der Waals surface area (Å²) in [7, 11) is 0. The van der Waals surface area contributed by atoms with Gasteiger partial charge in [-0.3, -0.25) is 29.8 Å². The van der Waals surface area contributed by atoms with Gasteiger partial charge >= 0.3 is 0 Å². The highest BCUT2D eigenvalue weighted by molar-refractivity contribution is 6.63. The number of benzene rings is 4. The highest BCUT2D eigenvalue weighted by atomic mass is 35.5. The van der Waals surface area contributed by atoms with Gasteiger partial charge in [-0.2, -0.15) is 0 Å². The van der Waals surface area contributed by atoms with Gasteiger partial charge in [-0.25, -0.2) is 0 Å². The summed E-state index contributed by atoms with van der Waals surface area (Å²) >= 11 is 4.94. The van der Waals surface area contributed by atoms with E-state index in [-0.39, 0.29) is 22.5 Å². The molecule has 0 aliphatic rings. The maximum atomic E-state index is 11.8. The van der Waals surface area contributed by atoms with Crippen molar-refractivity contribution in [1.82, 2.24) is 0 Å². The zero-order valence-electron chi connectivity index (χ0n) is 25.9. The number of hydrogen-bond acceptors (Lipinski definition) is 7. The molecule has 0 saturated heterocycles. The molecule has 0 aliphatic heterocycles. The number of nitrogens with one attached hydrogen (secondary N) is 1. The van der Waals surface area contributed by atoms with Crippen molar-refractivity contribution in [1.29, 1.82) is 0 Å². The van der Waals surface area contributed by atoms with E-state index < -0.39 is 9.85 Å². The molecule has 0 unspecified atom stereocenters. The quantitative estimate of drug-likeness (QED) is 0.0676. The molecule has 0 atom stereocenters. The number of nitro benzene ring substituents is 2. The van der Waals surface area contributed by atoms with Crippen LogP contribution in [0, 0.1) is 43.9 Å².